The van der Waals surface area contributed by atoms with Crippen molar-refractivity contribution in [3.8, 4) is 5.75 Å². The first-order valence-corrected chi connectivity index (χ1v) is 5.94. The molecule has 0 saturated heterocycles. The number of hydrogen-bond donors (Lipinski definition) is 0. The average Bonchev–Trinajstić information content (AvgIpc) is 2.90. The second-order valence-electron chi connectivity index (χ2n) is 4.17. The summed E-state index contributed by atoms with van der Waals surface area (Å²) < 4.78 is 6.89. The molecule has 3 rings (SSSR count). The van der Waals surface area contributed by atoms with E-state index in [1.54, 1.807) is 11.8 Å². The van der Waals surface area contributed by atoms with Crippen LogP contribution in [-0.2, 0) is 0 Å². The van der Waals surface area contributed by atoms with E-state index in [4.69, 9.17) is 4.74 Å². The van der Waals surface area contributed by atoms with Gasteiger partial charge in [-0.3, -0.25) is 0 Å². The minimum Gasteiger partial charge on any atom is -0.497 e. The maximum Gasteiger partial charge on any atom is 0.118 e. The van der Waals surface area contributed by atoms with E-state index in [0.29, 0.717) is 0 Å². The molecule has 1 aromatic heterocycles. The Morgan fingerprint density at radius 3 is 2.58 bits per heavy atom. The quantitative estimate of drug-likeness (QED) is 0.718. The van der Waals surface area contributed by atoms with Gasteiger partial charge >= 0.3 is 0 Å². The zero-order chi connectivity index (χ0) is 13.2. The summed E-state index contributed by atoms with van der Waals surface area (Å²) in [5, 5.41) is 8.28. The van der Waals surface area contributed by atoms with Gasteiger partial charge in [0.15, 0.2) is 0 Å². The van der Waals surface area contributed by atoms with Crippen molar-refractivity contribution in [1.82, 2.24) is 15.0 Å². The number of aromatic nitrogens is 3. The van der Waals surface area contributed by atoms with E-state index in [2.05, 4.69) is 16.9 Å². The molecule has 2 aromatic carbocycles. The summed E-state index contributed by atoms with van der Waals surface area (Å²) in [5.74, 6) is 0.819. The van der Waals surface area contributed by atoms with Crippen molar-refractivity contribution in [1.29, 1.82) is 0 Å². The molecule has 4 heteroatoms. The topological polar surface area (TPSA) is 39.9 Å². The molecule has 94 valence electrons. The summed E-state index contributed by atoms with van der Waals surface area (Å²) in [6.45, 7) is 4.09. The largest absolute Gasteiger partial charge is 0.497 e. The molecule has 0 amide bonds. The fourth-order valence-corrected chi connectivity index (χ4v) is 1.97. The van der Waals surface area contributed by atoms with Crippen LogP contribution in [0.2, 0.25) is 0 Å². The number of benzene rings is 2. The van der Waals surface area contributed by atoms with Gasteiger partial charge < -0.3 is 4.74 Å². The molecule has 0 radical (unpaired) electrons. The summed E-state index contributed by atoms with van der Waals surface area (Å²) in [5.41, 5.74) is 3.58. The molecule has 0 atom stereocenters. The molecule has 0 unspecified atom stereocenters. The van der Waals surface area contributed by atoms with Gasteiger partial charge in [0.2, 0.25) is 0 Å². The van der Waals surface area contributed by atoms with Crippen molar-refractivity contribution in [2.75, 3.05) is 7.11 Å². The Balaban J connectivity index is 2.03. The summed E-state index contributed by atoms with van der Waals surface area (Å²) in [6.07, 6.45) is 0. The Morgan fingerprint density at radius 1 is 1.11 bits per heavy atom. The number of hydrogen-bond acceptors (Lipinski definition) is 3. The van der Waals surface area contributed by atoms with Gasteiger partial charge in [-0.1, -0.05) is 23.9 Å². The third kappa shape index (κ3) is 1.97. The second kappa shape index (κ2) is 4.57. The Hall–Kier alpha value is -2.62. The summed E-state index contributed by atoms with van der Waals surface area (Å²) >= 11 is 0. The molecule has 3 aromatic rings. The van der Waals surface area contributed by atoms with Gasteiger partial charge in [-0.2, -0.15) is 0 Å². The number of rotatable bonds is 3. The summed E-state index contributed by atoms with van der Waals surface area (Å²) in [4.78, 5) is 0. The van der Waals surface area contributed by atoms with Crippen molar-refractivity contribution in [2.24, 2.45) is 0 Å². The lowest BCUT2D eigenvalue weighted by Gasteiger charge is -2.07. The van der Waals surface area contributed by atoms with Gasteiger partial charge in [0, 0.05) is 0 Å². The van der Waals surface area contributed by atoms with Gasteiger partial charge in [0.05, 0.1) is 18.3 Å². The molecule has 19 heavy (non-hydrogen) atoms. The smallest absolute Gasteiger partial charge is 0.118 e. The molecule has 0 fully saturated rings. The van der Waals surface area contributed by atoms with Crippen molar-refractivity contribution in [2.45, 2.75) is 0 Å². The van der Waals surface area contributed by atoms with E-state index >= 15 is 0 Å². The van der Waals surface area contributed by atoms with E-state index in [1.807, 2.05) is 48.5 Å². The van der Waals surface area contributed by atoms with Crippen LogP contribution in [0, 0.1) is 0 Å². The van der Waals surface area contributed by atoms with Gasteiger partial charge in [-0.25, -0.2) is 4.68 Å². The first-order chi connectivity index (χ1) is 9.29. The van der Waals surface area contributed by atoms with Crippen molar-refractivity contribution < 1.29 is 4.74 Å². The van der Waals surface area contributed by atoms with Crippen LogP contribution in [-0.4, -0.2) is 22.1 Å². The highest BCUT2D eigenvalue weighted by Crippen LogP contribution is 2.21. The highest BCUT2D eigenvalue weighted by Gasteiger charge is 2.08. The highest BCUT2D eigenvalue weighted by molar-refractivity contribution is 5.80. The fraction of sp³-hybridized carbons (Fsp3) is 0.0667. The minimum atomic E-state index is 0.788. The zero-order valence-electron chi connectivity index (χ0n) is 10.6. The van der Waals surface area contributed by atoms with Crippen LogP contribution < -0.4 is 4.74 Å². The molecule has 0 spiro atoms. The van der Waals surface area contributed by atoms with Crippen LogP contribution >= 0.6 is 0 Å². The third-order valence-electron chi connectivity index (χ3n) is 3.03. The number of nitrogens with zero attached hydrogens (tertiary/aromatic N) is 3. The van der Waals surface area contributed by atoms with Crippen LogP contribution in [0.25, 0.3) is 16.7 Å². The lowest BCUT2D eigenvalue weighted by atomic mass is 10.1. The van der Waals surface area contributed by atoms with Crippen molar-refractivity contribution in [3.63, 3.8) is 0 Å². The number of methoxy groups -OCH3 is 1. The SMILES string of the molecule is C=C(c1ccc(OC)cc1)n1nnc2ccccc21. The standard InChI is InChI=1S/C15H13N3O/c1-11(12-7-9-13(19-2)10-8-12)18-15-6-4-3-5-14(15)16-17-18/h3-10H,1H2,2H3. The van der Waals surface area contributed by atoms with Crippen LogP contribution in [0.4, 0.5) is 0 Å². The van der Waals surface area contributed by atoms with E-state index in [-0.39, 0.29) is 0 Å². The molecule has 0 aliphatic rings. The molecule has 4 nitrogen and oxygen atoms in total. The fourth-order valence-electron chi connectivity index (χ4n) is 1.97. The lowest BCUT2D eigenvalue weighted by molar-refractivity contribution is 0.415. The van der Waals surface area contributed by atoms with E-state index < -0.39 is 0 Å². The van der Waals surface area contributed by atoms with E-state index in [0.717, 1.165) is 28.0 Å². The predicted molar refractivity (Wildman–Crippen MR) is 75.0 cm³/mol. The average molecular weight is 251 g/mol. The Labute approximate surface area is 110 Å². The normalized spacial score (nSPS) is 10.6. The molecule has 0 bridgehead atoms. The third-order valence-corrected chi connectivity index (χ3v) is 3.03. The minimum absolute atomic E-state index is 0.788. The number of ether oxygens (including phenoxy) is 1. The second-order valence-corrected chi connectivity index (χ2v) is 4.17. The molecule has 0 aliphatic heterocycles. The van der Waals surface area contributed by atoms with Crippen molar-refractivity contribution in [3.05, 3.63) is 60.7 Å². The zero-order valence-corrected chi connectivity index (χ0v) is 10.6. The van der Waals surface area contributed by atoms with Crippen LogP contribution in [0.5, 0.6) is 5.75 Å². The highest BCUT2D eigenvalue weighted by atomic mass is 16.5. The molecule has 0 saturated carbocycles. The first-order valence-electron chi connectivity index (χ1n) is 5.94. The Kier molecular flexibility index (Phi) is 2.76. The Bertz CT molecular complexity index is 728. The maximum absolute atomic E-state index is 5.15. The molecular formula is C15H13N3O. The monoisotopic (exact) mass is 251 g/mol. The van der Waals surface area contributed by atoms with Gasteiger partial charge in [0.25, 0.3) is 0 Å². The lowest BCUT2D eigenvalue weighted by Crippen LogP contribution is -1.99. The van der Waals surface area contributed by atoms with Crippen LogP contribution in [0.15, 0.2) is 55.1 Å². The maximum atomic E-state index is 5.15. The number of fused-ring (bicyclic) bond motifs is 1. The summed E-state index contributed by atoms with van der Waals surface area (Å²) in [7, 11) is 1.65. The van der Waals surface area contributed by atoms with E-state index in [9.17, 15) is 0 Å². The van der Waals surface area contributed by atoms with Crippen molar-refractivity contribution >= 4 is 16.7 Å². The first kappa shape index (κ1) is 11.5. The number of para-hydroxylation sites is 1. The van der Waals surface area contributed by atoms with Crippen LogP contribution in [0.3, 0.4) is 0 Å². The Morgan fingerprint density at radius 2 is 1.84 bits per heavy atom. The van der Waals surface area contributed by atoms with Gasteiger partial charge in [0.1, 0.15) is 11.3 Å². The van der Waals surface area contributed by atoms with Gasteiger partial charge in [-0.05, 0) is 42.0 Å². The molecule has 1 heterocycles. The molecule has 0 aliphatic carbocycles. The molecular weight excluding hydrogens is 238 g/mol. The van der Waals surface area contributed by atoms with Crippen LogP contribution in [0.1, 0.15) is 5.56 Å². The molecule has 0 N–H and O–H groups in total. The predicted octanol–water partition coefficient (Wildman–Crippen LogP) is 2.96. The van der Waals surface area contributed by atoms with E-state index in [1.165, 1.54) is 0 Å². The van der Waals surface area contributed by atoms with Gasteiger partial charge in [-0.15, -0.1) is 5.10 Å². The summed E-state index contributed by atoms with van der Waals surface area (Å²) in [6, 6.07) is 15.5.